The molecule has 0 saturated heterocycles. The summed E-state index contributed by atoms with van der Waals surface area (Å²) in [5.41, 5.74) is 7.12. The van der Waals surface area contributed by atoms with E-state index in [1.54, 1.807) is 12.1 Å². The Balaban J connectivity index is 1.05. The Morgan fingerprint density at radius 1 is 0.315 bits per heavy atom. The Labute approximate surface area is 323 Å². The van der Waals surface area contributed by atoms with Crippen molar-refractivity contribution < 1.29 is 9.60 Å². The number of hydrogen-bond donors (Lipinski definition) is 0. The lowest BCUT2D eigenvalue weighted by atomic mass is 9.97. The van der Waals surface area contributed by atoms with Crippen molar-refractivity contribution in [2.45, 2.75) is 0 Å². The van der Waals surface area contributed by atoms with Crippen LogP contribution in [0.5, 0.6) is 0 Å². The van der Waals surface area contributed by atoms with Crippen molar-refractivity contribution in [1.82, 2.24) is 15.0 Å². The van der Waals surface area contributed by atoms with Gasteiger partial charge in [-0.1, -0.05) is 188 Å². The Hall–Kier alpha value is -7.23. The zero-order valence-electron chi connectivity index (χ0n) is 35.9. The second-order valence-corrected chi connectivity index (χ2v) is 13.1. The first kappa shape index (κ1) is 24.9. The summed E-state index contributed by atoms with van der Waals surface area (Å²) >= 11 is 0. The van der Waals surface area contributed by atoms with E-state index < -0.39 is 24.2 Å². The number of nitrogens with zero attached hydrogens (tertiary/aromatic N) is 3. The lowest BCUT2D eigenvalue weighted by Crippen LogP contribution is -2.00. The summed E-state index contributed by atoms with van der Waals surface area (Å²) in [5, 5.41) is 4.28. The number of fused-ring (bicyclic) bond motifs is 3. The van der Waals surface area contributed by atoms with E-state index in [0.717, 1.165) is 49.7 Å². The van der Waals surface area contributed by atoms with Crippen molar-refractivity contribution >= 4 is 32.3 Å². The summed E-state index contributed by atoms with van der Waals surface area (Å²) < 4.78 is 59.5. The van der Waals surface area contributed by atoms with E-state index in [4.69, 9.17) is 24.5 Å². The summed E-state index contributed by atoms with van der Waals surface area (Å²) in [6.07, 6.45) is 0. The van der Waals surface area contributed by atoms with Crippen LogP contribution in [0.4, 0.5) is 0 Å². The molecule has 0 spiro atoms. The molecule has 0 atom stereocenters. The van der Waals surface area contributed by atoms with E-state index >= 15 is 0 Å². The van der Waals surface area contributed by atoms with E-state index in [0.29, 0.717) is 23.0 Å². The first-order chi connectivity index (χ1) is 29.7. The minimum atomic E-state index is -0.492. The minimum absolute atomic E-state index is 0.0703. The van der Waals surface area contributed by atoms with Crippen LogP contribution in [0.3, 0.4) is 0 Å². The maximum atomic E-state index is 8.97. The molecule has 1 aromatic heterocycles. The van der Waals surface area contributed by atoms with Gasteiger partial charge < -0.3 is 0 Å². The SMILES string of the molecule is [2H]c1c([2H])c([2H])c2c([2H])c(-c3ccc(-c4cccc(-c5nc(-c6ccc(-c7cccc8ccccc78)cc6)nc(-c6cccc7ccccc67)n5)c4)cc3)c([2H])c([2H])c2c1[2H]. The fourth-order valence-corrected chi connectivity index (χ4v) is 7.04. The molecule has 0 aliphatic heterocycles. The average molecular weight is 695 g/mol. The average Bonchev–Trinajstić information content (AvgIpc) is 3.31. The van der Waals surface area contributed by atoms with Gasteiger partial charge in [0.2, 0.25) is 0 Å². The molecule has 0 bridgehead atoms. The van der Waals surface area contributed by atoms with Gasteiger partial charge in [0.25, 0.3) is 0 Å². The van der Waals surface area contributed by atoms with Gasteiger partial charge in [-0.15, -0.1) is 0 Å². The highest BCUT2D eigenvalue weighted by atomic mass is 15.0. The van der Waals surface area contributed by atoms with Crippen molar-refractivity contribution in [2.75, 3.05) is 0 Å². The van der Waals surface area contributed by atoms with Gasteiger partial charge in [-0.05, 0) is 77.8 Å². The standard InChI is InChI=1S/C51H33N3/c1-2-13-41-32-43(31-26-34(41)10-1)36-24-22-35(23-25-36)42-16-7-17-44(33-42)50-52-49(53-51(54-50)48-21-9-15-38-12-4-6-19-47(38)48)40-29-27-39(28-30-40)46-20-8-14-37-11-3-5-18-45(37)46/h1-33H/i1D,2D,10D,13D,26D,31D,32D. The molecule has 0 aliphatic rings. The molecule has 3 heteroatoms. The quantitative estimate of drug-likeness (QED) is 0.174. The molecule has 10 rings (SSSR count). The Kier molecular flexibility index (Phi) is 6.17. The monoisotopic (exact) mass is 694 g/mol. The van der Waals surface area contributed by atoms with E-state index in [1.807, 2.05) is 60.7 Å². The molecule has 54 heavy (non-hydrogen) atoms. The Bertz CT molecular complexity index is 3380. The molecular formula is C51H33N3. The van der Waals surface area contributed by atoms with Gasteiger partial charge in [-0.25, -0.2) is 15.0 Å². The van der Waals surface area contributed by atoms with Gasteiger partial charge in [-0.3, -0.25) is 0 Å². The highest BCUT2D eigenvalue weighted by Gasteiger charge is 2.15. The smallest absolute Gasteiger partial charge is 0.164 e. The van der Waals surface area contributed by atoms with Crippen LogP contribution < -0.4 is 0 Å². The van der Waals surface area contributed by atoms with Gasteiger partial charge >= 0.3 is 0 Å². The van der Waals surface area contributed by atoms with Crippen LogP contribution in [-0.2, 0) is 0 Å². The second-order valence-electron chi connectivity index (χ2n) is 13.1. The summed E-state index contributed by atoms with van der Waals surface area (Å²) in [7, 11) is 0. The van der Waals surface area contributed by atoms with Crippen LogP contribution in [0.25, 0.3) is 99.9 Å². The number of hydrogen-bond acceptors (Lipinski definition) is 3. The fourth-order valence-electron chi connectivity index (χ4n) is 7.04. The first-order valence-electron chi connectivity index (χ1n) is 21.2. The highest BCUT2D eigenvalue weighted by Crippen LogP contribution is 2.34. The molecule has 3 nitrogen and oxygen atoms in total. The first-order valence-corrected chi connectivity index (χ1v) is 17.7. The lowest BCUT2D eigenvalue weighted by molar-refractivity contribution is 1.08. The topological polar surface area (TPSA) is 38.7 Å². The third-order valence-corrected chi connectivity index (χ3v) is 9.79. The third kappa shape index (κ3) is 5.88. The van der Waals surface area contributed by atoms with Gasteiger partial charge in [-0.2, -0.15) is 0 Å². The zero-order valence-corrected chi connectivity index (χ0v) is 28.9. The van der Waals surface area contributed by atoms with Crippen molar-refractivity contribution in [3.05, 3.63) is 200 Å². The molecule has 252 valence electrons. The molecule has 0 amide bonds. The summed E-state index contributed by atoms with van der Waals surface area (Å²) in [6, 6.07) is 49.9. The molecule has 0 saturated carbocycles. The van der Waals surface area contributed by atoms with E-state index in [1.165, 1.54) is 10.8 Å². The van der Waals surface area contributed by atoms with Crippen molar-refractivity contribution in [1.29, 1.82) is 0 Å². The van der Waals surface area contributed by atoms with Gasteiger partial charge in [0.15, 0.2) is 17.5 Å². The van der Waals surface area contributed by atoms with Crippen LogP contribution in [0.1, 0.15) is 9.60 Å². The van der Waals surface area contributed by atoms with Gasteiger partial charge in [0, 0.05) is 16.7 Å². The minimum Gasteiger partial charge on any atom is -0.208 e. The van der Waals surface area contributed by atoms with Crippen LogP contribution in [0, 0.1) is 0 Å². The van der Waals surface area contributed by atoms with E-state index in [2.05, 4.69) is 84.9 Å². The van der Waals surface area contributed by atoms with E-state index in [9.17, 15) is 0 Å². The number of aromatic nitrogens is 3. The van der Waals surface area contributed by atoms with Crippen molar-refractivity contribution in [3.63, 3.8) is 0 Å². The maximum Gasteiger partial charge on any atom is 0.164 e. The summed E-state index contributed by atoms with van der Waals surface area (Å²) in [5.74, 6) is 1.60. The fraction of sp³-hybridized carbons (Fsp3) is 0. The van der Waals surface area contributed by atoms with Crippen LogP contribution in [-0.4, -0.2) is 15.0 Å². The molecule has 10 aromatic rings. The third-order valence-electron chi connectivity index (χ3n) is 9.79. The molecule has 0 aliphatic carbocycles. The largest absolute Gasteiger partial charge is 0.208 e. The van der Waals surface area contributed by atoms with Crippen LogP contribution in [0.2, 0.25) is 0 Å². The van der Waals surface area contributed by atoms with Crippen LogP contribution >= 0.6 is 0 Å². The van der Waals surface area contributed by atoms with Crippen molar-refractivity contribution in [2.24, 2.45) is 0 Å². The summed E-state index contributed by atoms with van der Waals surface area (Å²) in [4.78, 5) is 15.2. The number of rotatable bonds is 6. The normalized spacial score (nSPS) is 13.1. The number of benzene rings is 9. The maximum absolute atomic E-state index is 8.97. The molecular weight excluding hydrogens is 655 g/mol. The van der Waals surface area contributed by atoms with Gasteiger partial charge in [0.1, 0.15) is 0 Å². The van der Waals surface area contributed by atoms with Gasteiger partial charge in [0.05, 0.1) is 9.60 Å². The molecule has 9 aromatic carbocycles. The van der Waals surface area contributed by atoms with Crippen LogP contribution in [0.15, 0.2) is 200 Å². The lowest BCUT2D eigenvalue weighted by Gasteiger charge is -2.12. The second kappa shape index (κ2) is 13.4. The zero-order chi connectivity index (χ0) is 41.9. The molecule has 0 fully saturated rings. The van der Waals surface area contributed by atoms with E-state index in [-0.39, 0.29) is 34.5 Å². The Morgan fingerprint density at radius 2 is 0.833 bits per heavy atom. The molecule has 0 N–H and O–H groups in total. The molecule has 0 radical (unpaired) electrons. The predicted octanol–water partition coefficient (Wildman–Crippen LogP) is 13.3. The highest BCUT2D eigenvalue weighted by molar-refractivity contribution is 5.97. The molecule has 0 unspecified atom stereocenters. The molecule has 1 heterocycles. The Morgan fingerprint density at radius 3 is 1.57 bits per heavy atom. The van der Waals surface area contributed by atoms with Crippen molar-refractivity contribution in [3.8, 4) is 67.5 Å². The summed E-state index contributed by atoms with van der Waals surface area (Å²) in [6.45, 7) is 0. The predicted molar refractivity (Wildman–Crippen MR) is 225 cm³/mol.